The van der Waals surface area contributed by atoms with Crippen molar-refractivity contribution in [3.8, 4) is 0 Å². The van der Waals surface area contributed by atoms with E-state index in [9.17, 15) is 9.59 Å². The molecule has 1 unspecified atom stereocenters. The normalized spacial score (nSPS) is 25.0. The molecular formula is C25H33ClN6O2. The number of dihydropyridines is 1. The molecule has 4 rings (SSSR count). The van der Waals surface area contributed by atoms with Gasteiger partial charge in [-0.1, -0.05) is 11.6 Å². The Bertz CT molecular complexity index is 1080. The number of halogens is 1. The lowest BCUT2D eigenvalue weighted by atomic mass is 9.93. The fraction of sp³-hybridized carbons (Fsp3) is 0.440. The van der Waals surface area contributed by atoms with E-state index in [-0.39, 0.29) is 17.7 Å². The molecule has 7 N–H and O–H groups in total. The zero-order valence-corrected chi connectivity index (χ0v) is 20.4. The Morgan fingerprint density at radius 3 is 2.79 bits per heavy atom. The summed E-state index contributed by atoms with van der Waals surface area (Å²) in [5, 5.41) is 9.72. The standard InChI is InChI=1S/C25H33ClN6O2/c1-15-7-21(32-6-5-25(28,24(32)34)19-3-4-19)11-22(31-15)23(33)30-13-16-8-17(10-20(26)9-16)18(12-27)14-29-2/h7-11,14,19,22,29,31H,3-6,12-13,27-28H2,1-2H3,(H,30,33)/b18-14+/t22?,25-/m1/s1. The molecule has 0 aromatic heterocycles. The molecule has 182 valence electrons. The summed E-state index contributed by atoms with van der Waals surface area (Å²) in [6, 6.07) is 5.04. The molecule has 3 aliphatic rings. The second-order valence-corrected chi connectivity index (χ2v) is 9.73. The predicted molar refractivity (Wildman–Crippen MR) is 134 cm³/mol. The highest BCUT2D eigenvalue weighted by Gasteiger charge is 2.53. The summed E-state index contributed by atoms with van der Waals surface area (Å²) in [5.74, 6) is 0.0501. The Kier molecular flexibility index (Phi) is 7.02. The summed E-state index contributed by atoms with van der Waals surface area (Å²) in [7, 11) is 1.81. The molecule has 2 heterocycles. The monoisotopic (exact) mass is 484 g/mol. The molecule has 2 atom stereocenters. The predicted octanol–water partition coefficient (Wildman–Crippen LogP) is 1.57. The smallest absolute Gasteiger partial charge is 0.247 e. The minimum atomic E-state index is -0.764. The van der Waals surface area contributed by atoms with Gasteiger partial charge in [0.05, 0.1) is 0 Å². The number of carbonyl (C=O) groups is 2. The lowest BCUT2D eigenvalue weighted by Gasteiger charge is -2.28. The number of carbonyl (C=O) groups excluding carboxylic acids is 2. The molecule has 2 fully saturated rings. The van der Waals surface area contributed by atoms with Crippen LogP contribution >= 0.6 is 11.6 Å². The number of nitrogens with one attached hydrogen (secondary N) is 3. The van der Waals surface area contributed by atoms with E-state index in [0.29, 0.717) is 31.1 Å². The highest BCUT2D eigenvalue weighted by Crippen LogP contribution is 2.44. The van der Waals surface area contributed by atoms with Crippen molar-refractivity contribution in [1.29, 1.82) is 0 Å². The summed E-state index contributed by atoms with van der Waals surface area (Å²) >= 11 is 6.31. The first-order valence-corrected chi connectivity index (χ1v) is 12.0. The third-order valence-corrected chi connectivity index (χ3v) is 6.93. The third-order valence-electron chi connectivity index (χ3n) is 6.71. The highest BCUT2D eigenvalue weighted by atomic mass is 35.5. The molecular weight excluding hydrogens is 452 g/mol. The van der Waals surface area contributed by atoms with Crippen molar-refractivity contribution < 1.29 is 9.59 Å². The summed E-state index contributed by atoms with van der Waals surface area (Å²) in [5.41, 5.74) is 15.8. The highest BCUT2D eigenvalue weighted by molar-refractivity contribution is 6.30. The van der Waals surface area contributed by atoms with Crippen LogP contribution in [0.2, 0.25) is 5.02 Å². The Labute approximate surface area is 205 Å². The van der Waals surface area contributed by atoms with E-state index in [0.717, 1.165) is 40.9 Å². The number of nitrogens with zero attached hydrogens (tertiary/aromatic N) is 1. The van der Waals surface area contributed by atoms with Crippen molar-refractivity contribution in [1.82, 2.24) is 20.9 Å². The lowest BCUT2D eigenvalue weighted by Crippen LogP contribution is -2.50. The largest absolute Gasteiger partial charge is 0.394 e. The zero-order chi connectivity index (χ0) is 24.5. The van der Waals surface area contributed by atoms with Crippen LogP contribution in [0.4, 0.5) is 0 Å². The van der Waals surface area contributed by atoms with Crippen molar-refractivity contribution in [3.63, 3.8) is 0 Å². The zero-order valence-electron chi connectivity index (χ0n) is 19.7. The SMILES string of the molecule is CN/C=C(\CN)c1cc(Cl)cc(CNC(=O)C2C=C(N3CC[C@@](N)(C4CC4)C3=O)C=C(C)N2)c1. The maximum atomic E-state index is 13.1. The van der Waals surface area contributed by atoms with Gasteiger partial charge >= 0.3 is 0 Å². The van der Waals surface area contributed by atoms with Crippen molar-refractivity contribution in [2.75, 3.05) is 20.1 Å². The maximum Gasteiger partial charge on any atom is 0.247 e. The number of benzene rings is 1. The van der Waals surface area contributed by atoms with E-state index in [1.54, 1.807) is 11.0 Å². The minimum Gasteiger partial charge on any atom is -0.394 e. The van der Waals surface area contributed by atoms with Gasteiger partial charge in [-0.3, -0.25) is 9.59 Å². The molecule has 34 heavy (non-hydrogen) atoms. The summed E-state index contributed by atoms with van der Waals surface area (Å²) in [4.78, 5) is 27.8. The van der Waals surface area contributed by atoms with Crippen LogP contribution in [0.25, 0.3) is 5.57 Å². The number of nitrogens with two attached hydrogens (primary N) is 2. The van der Waals surface area contributed by atoms with Crippen molar-refractivity contribution >= 4 is 29.0 Å². The van der Waals surface area contributed by atoms with Gasteiger partial charge < -0.3 is 32.3 Å². The maximum absolute atomic E-state index is 13.1. The van der Waals surface area contributed by atoms with Crippen LogP contribution in [-0.4, -0.2) is 48.4 Å². The molecule has 1 saturated heterocycles. The number of rotatable bonds is 8. The lowest BCUT2D eigenvalue weighted by molar-refractivity contribution is -0.131. The topological polar surface area (TPSA) is 126 Å². The van der Waals surface area contributed by atoms with E-state index in [1.807, 2.05) is 44.4 Å². The first kappa shape index (κ1) is 24.3. The molecule has 0 radical (unpaired) electrons. The first-order chi connectivity index (χ1) is 16.2. The molecule has 0 spiro atoms. The Balaban J connectivity index is 1.45. The first-order valence-electron chi connectivity index (χ1n) is 11.7. The number of hydrogen-bond donors (Lipinski definition) is 5. The average Bonchev–Trinajstić information content (AvgIpc) is 3.62. The van der Waals surface area contributed by atoms with Gasteiger partial charge in [0.25, 0.3) is 0 Å². The molecule has 2 amide bonds. The molecule has 1 saturated carbocycles. The molecule has 2 aliphatic heterocycles. The van der Waals surface area contributed by atoms with Crippen LogP contribution in [0, 0.1) is 5.92 Å². The molecule has 9 heteroatoms. The summed E-state index contributed by atoms with van der Waals surface area (Å²) < 4.78 is 0. The fourth-order valence-corrected chi connectivity index (χ4v) is 4.99. The van der Waals surface area contributed by atoms with E-state index < -0.39 is 11.6 Å². The second kappa shape index (κ2) is 9.82. The van der Waals surface area contributed by atoms with Crippen LogP contribution in [0.3, 0.4) is 0 Å². The van der Waals surface area contributed by atoms with Crippen molar-refractivity contribution in [3.05, 3.63) is 64.1 Å². The Hall–Kier alpha value is -2.81. The Morgan fingerprint density at radius 2 is 2.12 bits per heavy atom. The molecule has 1 aromatic carbocycles. The quantitative estimate of drug-likeness (QED) is 0.381. The van der Waals surface area contributed by atoms with Gasteiger partial charge in [-0.05, 0) is 79.2 Å². The van der Waals surface area contributed by atoms with Gasteiger partial charge in [-0.25, -0.2) is 0 Å². The molecule has 1 aromatic rings. The number of allylic oxidation sites excluding steroid dienone is 2. The van der Waals surface area contributed by atoms with Crippen LogP contribution in [-0.2, 0) is 16.1 Å². The van der Waals surface area contributed by atoms with Crippen molar-refractivity contribution in [2.45, 2.75) is 44.3 Å². The van der Waals surface area contributed by atoms with Crippen molar-refractivity contribution in [2.24, 2.45) is 17.4 Å². The molecule has 8 nitrogen and oxygen atoms in total. The van der Waals surface area contributed by atoms with Gasteiger partial charge in [-0.15, -0.1) is 0 Å². The average molecular weight is 485 g/mol. The number of likely N-dealkylation sites (tertiary alicyclic amines) is 1. The van der Waals surface area contributed by atoms with Crippen LogP contribution < -0.4 is 27.4 Å². The minimum absolute atomic E-state index is 0.0388. The summed E-state index contributed by atoms with van der Waals surface area (Å²) in [6.07, 6.45) is 8.20. The summed E-state index contributed by atoms with van der Waals surface area (Å²) in [6.45, 7) is 3.13. The van der Waals surface area contributed by atoms with Crippen LogP contribution in [0.15, 0.2) is 47.9 Å². The van der Waals surface area contributed by atoms with Gasteiger partial charge in [0.2, 0.25) is 11.8 Å². The van der Waals surface area contributed by atoms with E-state index in [1.165, 1.54) is 0 Å². The Morgan fingerprint density at radius 1 is 1.35 bits per heavy atom. The van der Waals surface area contributed by atoms with E-state index in [4.69, 9.17) is 23.1 Å². The molecule has 1 aliphatic carbocycles. The van der Waals surface area contributed by atoms with Gasteiger partial charge in [0.15, 0.2) is 0 Å². The van der Waals surface area contributed by atoms with E-state index >= 15 is 0 Å². The fourth-order valence-electron chi connectivity index (χ4n) is 4.73. The second-order valence-electron chi connectivity index (χ2n) is 9.29. The third kappa shape index (κ3) is 4.99. The number of hydrogen-bond acceptors (Lipinski definition) is 6. The van der Waals surface area contributed by atoms with Gasteiger partial charge in [-0.2, -0.15) is 0 Å². The number of amides is 2. The van der Waals surface area contributed by atoms with Crippen LogP contribution in [0.5, 0.6) is 0 Å². The van der Waals surface area contributed by atoms with Gasteiger partial charge in [0, 0.05) is 49.3 Å². The van der Waals surface area contributed by atoms with Crippen LogP contribution in [0.1, 0.15) is 37.3 Å². The molecule has 0 bridgehead atoms. The van der Waals surface area contributed by atoms with E-state index in [2.05, 4.69) is 16.0 Å². The van der Waals surface area contributed by atoms with Gasteiger partial charge in [0.1, 0.15) is 11.6 Å².